The van der Waals surface area contributed by atoms with E-state index in [4.69, 9.17) is 0 Å². The number of aryl methyl sites for hydroxylation is 4. The number of hydrogen-bond acceptors (Lipinski definition) is 0. The Balaban J connectivity index is 1.02. The van der Waals surface area contributed by atoms with E-state index in [1.54, 1.807) is 0 Å². The van der Waals surface area contributed by atoms with E-state index in [2.05, 4.69) is 222 Å². The first kappa shape index (κ1) is 35.3. The number of rotatable bonds is 11. The molecule has 0 radical (unpaired) electrons. The second-order valence-electron chi connectivity index (χ2n) is 14.4. The molecule has 0 saturated heterocycles. The maximum atomic E-state index is 3.34. The van der Waals surface area contributed by atoms with E-state index in [9.17, 15) is 0 Å². The van der Waals surface area contributed by atoms with Gasteiger partial charge in [-0.15, -0.1) is 0 Å². The minimum absolute atomic E-state index is 0.189. The highest BCUT2D eigenvalue weighted by Gasteiger charge is 2.18. The van der Waals surface area contributed by atoms with E-state index in [-0.39, 0.29) is 5.92 Å². The van der Waals surface area contributed by atoms with Crippen LogP contribution in [0.5, 0.6) is 0 Å². The van der Waals surface area contributed by atoms with Gasteiger partial charge >= 0.3 is 0 Å². The Labute approximate surface area is 316 Å². The molecule has 0 aliphatic carbocycles. The van der Waals surface area contributed by atoms with E-state index < -0.39 is 0 Å². The molecular weight excluding hydrogens is 637 g/mol. The van der Waals surface area contributed by atoms with Gasteiger partial charge in [0.25, 0.3) is 0 Å². The number of benzene rings is 6. The molecule has 0 heterocycles. The van der Waals surface area contributed by atoms with Gasteiger partial charge in [0.1, 0.15) is 0 Å². The summed E-state index contributed by atoms with van der Waals surface area (Å²) in [6, 6.07) is 64.4. The first-order valence-corrected chi connectivity index (χ1v) is 18.6. The van der Waals surface area contributed by atoms with E-state index in [1.165, 1.54) is 61.2 Å². The lowest BCUT2D eigenvalue weighted by molar-refractivity contribution is 0.803. The Morgan fingerprint density at radius 3 is 1.30 bits per heavy atom. The Bertz CT molecular complexity index is 2290. The first-order chi connectivity index (χ1) is 25.9. The van der Waals surface area contributed by atoms with E-state index >= 15 is 0 Å². The standard InChI is InChI=1S/C53H46/c1-38-9-5-13-46(33-38)37-52(49-14-6-10-39(2)34-49)47-29-25-44(26-30-47)23-21-42-17-19-43(20-18-42)22-24-45-27-31-48(32-28-45)53(50-15-7-11-40(3)35-50)51-16-8-12-41(4)36-51/h5-17,19,21-36,52-53H,37H2,1-4H3. The molecule has 1 atom stereocenters. The van der Waals surface area contributed by atoms with Crippen molar-refractivity contribution in [2.75, 3.05) is 0 Å². The third kappa shape index (κ3) is 9.20. The van der Waals surface area contributed by atoms with Crippen molar-refractivity contribution >= 4 is 24.3 Å². The monoisotopic (exact) mass is 682 g/mol. The molecule has 53 heavy (non-hydrogen) atoms. The summed E-state index contributed by atoms with van der Waals surface area (Å²) in [6.07, 6.45) is 9.50. The van der Waals surface area contributed by atoms with Crippen molar-refractivity contribution in [2.45, 2.75) is 46.0 Å². The normalized spacial score (nSPS) is 12.0. The Hall–Kier alpha value is -6.16. The van der Waals surface area contributed by atoms with Crippen LogP contribution in [0, 0.1) is 39.8 Å². The van der Waals surface area contributed by atoms with Gasteiger partial charge in [0.05, 0.1) is 0 Å². The molecule has 0 nitrogen and oxygen atoms in total. The van der Waals surface area contributed by atoms with E-state index in [0.29, 0.717) is 5.92 Å². The molecule has 0 fully saturated rings. The maximum absolute atomic E-state index is 3.34. The first-order valence-electron chi connectivity index (χ1n) is 18.6. The van der Waals surface area contributed by atoms with E-state index in [1.807, 2.05) is 0 Å². The summed E-state index contributed by atoms with van der Waals surface area (Å²) in [5, 5.41) is 0. The molecular formula is C53H46. The molecule has 0 amide bonds. The summed E-state index contributed by atoms with van der Waals surface area (Å²) in [4.78, 5) is 0. The van der Waals surface area contributed by atoms with Crippen molar-refractivity contribution in [3.63, 3.8) is 0 Å². The van der Waals surface area contributed by atoms with Gasteiger partial charge in [-0.2, -0.15) is 0 Å². The van der Waals surface area contributed by atoms with E-state index in [0.717, 1.165) is 23.1 Å². The minimum Gasteiger partial charge on any atom is -0.0617 e. The predicted octanol–water partition coefficient (Wildman–Crippen LogP) is 13.4. The van der Waals surface area contributed by atoms with Crippen molar-refractivity contribution in [3.8, 4) is 0 Å². The lowest BCUT2D eigenvalue weighted by atomic mass is 9.84. The maximum Gasteiger partial charge on any atom is 0.0340 e. The highest BCUT2D eigenvalue weighted by atomic mass is 14.2. The third-order valence-electron chi connectivity index (χ3n) is 10.0. The predicted molar refractivity (Wildman–Crippen MR) is 226 cm³/mol. The van der Waals surface area contributed by atoms with Crippen LogP contribution in [0.1, 0.15) is 89.7 Å². The Morgan fingerprint density at radius 2 is 0.830 bits per heavy atom. The molecule has 0 N–H and O–H groups in total. The van der Waals surface area contributed by atoms with Crippen molar-refractivity contribution in [3.05, 3.63) is 248 Å². The van der Waals surface area contributed by atoms with Crippen LogP contribution in [0.3, 0.4) is 0 Å². The van der Waals surface area contributed by atoms with Crippen LogP contribution in [-0.2, 0) is 6.42 Å². The topological polar surface area (TPSA) is 0 Å². The lowest BCUT2D eigenvalue weighted by Gasteiger charge is -2.20. The van der Waals surface area contributed by atoms with Crippen LogP contribution >= 0.6 is 0 Å². The Kier molecular flexibility index (Phi) is 10.9. The van der Waals surface area contributed by atoms with Crippen LogP contribution in [0.4, 0.5) is 0 Å². The fourth-order valence-corrected chi connectivity index (χ4v) is 7.28. The zero-order chi connectivity index (χ0) is 36.6. The average molecular weight is 683 g/mol. The minimum atomic E-state index is 0.189. The lowest BCUT2D eigenvalue weighted by Crippen LogP contribution is -2.06. The molecule has 0 aromatic heterocycles. The molecule has 0 saturated carbocycles. The quantitative estimate of drug-likeness (QED) is 0.119. The van der Waals surface area contributed by atoms with Gasteiger partial charge < -0.3 is 0 Å². The van der Waals surface area contributed by atoms with Gasteiger partial charge in [0.15, 0.2) is 0 Å². The third-order valence-corrected chi connectivity index (χ3v) is 10.0. The second kappa shape index (κ2) is 16.5. The zero-order valence-corrected chi connectivity index (χ0v) is 31.2. The average Bonchev–Trinajstić information content (AvgIpc) is 3.17. The summed E-state index contributed by atoms with van der Waals surface area (Å²) in [5.41, 5.74) is 17.5. The molecule has 0 heteroatoms. The fourth-order valence-electron chi connectivity index (χ4n) is 7.28. The van der Waals surface area contributed by atoms with Crippen molar-refractivity contribution in [1.82, 2.24) is 0 Å². The number of hydrogen-bond donors (Lipinski definition) is 0. The molecule has 0 aliphatic rings. The summed E-state index contributed by atoms with van der Waals surface area (Å²) in [7, 11) is 0. The smallest absolute Gasteiger partial charge is 0.0340 e. The van der Waals surface area contributed by atoms with Gasteiger partial charge in [-0.25, -0.2) is 0 Å². The zero-order valence-electron chi connectivity index (χ0n) is 31.2. The molecule has 1 unspecified atom stereocenters. The molecule has 0 aliphatic heterocycles. The van der Waals surface area contributed by atoms with Crippen LogP contribution in [0.2, 0.25) is 0 Å². The fraction of sp³-hybridized carbons (Fsp3) is 0.132. The van der Waals surface area contributed by atoms with Crippen LogP contribution < -0.4 is 0 Å². The molecule has 258 valence electrons. The van der Waals surface area contributed by atoms with Crippen molar-refractivity contribution in [1.29, 1.82) is 0 Å². The summed E-state index contributed by atoms with van der Waals surface area (Å²) >= 11 is 0. The highest BCUT2D eigenvalue weighted by molar-refractivity contribution is 5.72. The van der Waals surface area contributed by atoms with Crippen LogP contribution in [0.15, 0.2) is 158 Å². The molecule has 7 aromatic carbocycles. The summed E-state index contributed by atoms with van der Waals surface area (Å²) in [6.45, 7) is 8.67. The van der Waals surface area contributed by atoms with Gasteiger partial charge in [0, 0.05) is 23.0 Å². The van der Waals surface area contributed by atoms with Crippen LogP contribution in [-0.4, -0.2) is 0 Å². The van der Waals surface area contributed by atoms with Crippen molar-refractivity contribution < 1.29 is 0 Å². The van der Waals surface area contributed by atoms with Gasteiger partial charge in [-0.05, 0) is 103 Å². The summed E-state index contributed by atoms with van der Waals surface area (Å²) < 4.78 is 0. The molecule has 7 rings (SSSR count). The summed E-state index contributed by atoms with van der Waals surface area (Å²) in [5.74, 6) is 0.485. The second-order valence-corrected chi connectivity index (χ2v) is 14.4. The molecule has 0 spiro atoms. The highest BCUT2D eigenvalue weighted by Crippen LogP contribution is 2.34. The molecule has 7 aromatic rings. The van der Waals surface area contributed by atoms with Gasteiger partial charge in [-0.3, -0.25) is 0 Å². The largest absolute Gasteiger partial charge is 0.0617 e. The van der Waals surface area contributed by atoms with Crippen molar-refractivity contribution in [2.24, 2.45) is 0 Å². The Morgan fingerprint density at radius 1 is 0.396 bits per heavy atom. The van der Waals surface area contributed by atoms with Gasteiger partial charge in [0.2, 0.25) is 0 Å². The van der Waals surface area contributed by atoms with Crippen LogP contribution in [0.25, 0.3) is 24.3 Å². The van der Waals surface area contributed by atoms with Gasteiger partial charge in [-0.1, -0.05) is 192 Å². The SMILES string of the molecule is Cc1cccc(CC(c2ccc(C=Cc3c#cc(C=Cc4ccc(C(c5cccc(C)c5)c5cccc(C)c5)cc4)cc3)cc2)c2cccc(C)c2)c1. The molecule has 0 bridgehead atoms.